The minimum absolute atomic E-state index is 0.109. The normalized spacial score (nSPS) is 13.6. The lowest BCUT2D eigenvalue weighted by atomic mass is 10.0. The summed E-state index contributed by atoms with van der Waals surface area (Å²) >= 11 is 0. The van der Waals surface area contributed by atoms with E-state index >= 15 is 0 Å². The zero-order valence-electron chi connectivity index (χ0n) is 74.5. The van der Waals surface area contributed by atoms with Gasteiger partial charge in [-0.1, -0.05) is 465 Å². The third-order valence-electron chi connectivity index (χ3n) is 22.3. The van der Waals surface area contributed by atoms with E-state index in [1.165, 1.54) is 340 Å². The highest BCUT2D eigenvalue weighted by Crippen LogP contribution is 2.45. The average molecular weight is 1650 g/mol. The van der Waals surface area contributed by atoms with Crippen LogP contribution in [0.1, 0.15) is 516 Å². The first-order valence-electron chi connectivity index (χ1n) is 48.6. The molecule has 5 atom stereocenters. The van der Waals surface area contributed by atoms with Crippen LogP contribution in [-0.2, 0) is 65.4 Å². The van der Waals surface area contributed by atoms with Gasteiger partial charge in [0, 0.05) is 25.7 Å². The lowest BCUT2D eigenvalue weighted by Gasteiger charge is -2.21. The maximum atomic E-state index is 13.2. The van der Waals surface area contributed by atoms with E-state index in [0.717, 1.165) is 95.8 Å². The lowest BCUT2D eigenvalue weighted by Crippen LogP contribution is -2.30. The van der Waals surface area contributed by atoms with Crippen LogP contribution in [-0.4, -0.2) is 96.7 Å². The topological polar surface area (TPSA) is 237 Å². The predicted octanol–water partition coefficient (Wildman–Crippen LogP) is 29.5. The van der Waals surface area contributed by atoms with E-state index in [1.54, 1.807) is 0 Å². The molecule has 0 aromatic heterocycles. The Morgan fingerprint density at radius 3 is 0.602 bits per heavy atom. The van der Waals surface area contributed by atoms with Crippen molar-refractivity contribution < 1.29 is 80.2 Å². The Bertz CT molecular complexity index is 2140. The van der Waals surface area contributed by atoms with Crippen molar-refractivity contribution in [2.75, 3.05) is 39.6 Å². The molecule has 0 heterocycles. The fourth-order valence-electron chi connectivity index (χ4n) is 14.9. The molecule has 0 amide bonds. The molecule has 0 saturated heterocycles. The van der Waals surface area contributed by atoms with E-state index in [1.807, 2.05) is 0 Å². The zero-order chi connectivity index (χ0) is 82.6. The third kappa shape index (κ3) is 87.7. The maximum Gasteiger partial charge on any atom is 0.472 e. The van der Waals surface area contributed by atoms with Crippen LogP contribution in [0.3, 0.4) is 0 Å². The molecule has 0 aromatic carbocycles. The molecule has 17 nitrogen and oxygen atoms in total. The summed E-state index contributed by atoms with van der Waals surface area (Å²) in [5, 5.41) is 10.7. The first kappa shape index (κ1) is 111. The Hall–Kier alpha value is -1.94. The average Bonchev–Trinajstić information content (AvgIpc) is 0.899. The van der Waals surface area contributed by atoms with E-state index in [2.05, 4.69) is 34.6 Å². The Balaban J connectivity index is 5.22. The Morgan fingerprint density at radius 2 is 0.407 bits per heavy atom. The van der Waals surface area contributed by atoms with Gasteiger partial charge in [0.1, 0.15) is 19.3 Å². The highest BCUT2D eigenvalue weighted by molar-refractivity contribution is 7.47. The summed E-state index contributed by atoms with van der Waals surface area (Å²) in [6.45, 7) is 7.37. The molecule has 0 fully saturated rings. The maximum absolute atomic E-state index is 13.2. The van der Waals surface area contributed by atoms with Crippen molar-refractivity contribution in [1.82, 2.24) is 0 Å². The van der Waals surface area contributed by atoms with Crippen molar-refractivity contribution in [3.8, 4) is 0 Å². The van der Waals surface area contributed by atoms with Gasteiger partial charge in [-0.15, -0.1) is 0 Å². The number of carbonyl (C=O) groups excluding carboxylic acids is 4. The van der Waals surface area contributed by atoms with Gasteiger partial charge in [0.05, 0.1) is 26.4 Å². The number of carbonyl (C=O) groups is 4. The number of esters is 4. The zero-order valence-corrected chi connectivity index (χ0v) is 76.3. The van der Waals surface area contributed by atoms with Gasteiger partial charge in [-0.2, -0.15) is 0 Å². The van der Waals surface area contributed by atoms with Gasteiger partial charge in [-0.3, -0.25) is 37.3 Å². The van der Waals surface area contributed by atoms with Gasteiger partial charge in [-0.25, -0.2) is 9.13 Å². The number of hydrogen-bond donors (Lipinski definition) is 3. The van der Waals surface area contributed by atoms with E-state index < -0.39 is 97.5 Å². The molecule has 672 valence electrons. The molecular weight excluding hydrogens is 1460 g/mol. The van der Waals surface area contributed by atoms with Crippen molar-refractivity contribution in [1.29, 1.82) is 0 Å². The molecule has 113 heavy (non-hydrogen) atoms. The van der Waals surface area contributed by atoms with Gasteiger partial charge in [0.15, 0.2) is 12.2 Å². The fourth-order valence-corrected chi connectivity index (χ4v) is 16.5. The van der Waals surface area contributed by atoms with Gasteiger partial charge < -0.3 is 33.8 Å². The minimum Gasteiger partial charge on any atom is -0.462 e. The van der Waals surface area contributed by atoms with Crippen LogP contribution in [0.5, 0.6) is 0 Å². The SMILES string of the molecule is CCCCCCCCCCCCCCCCCCCCCCCC(=O)OC[C@H](COP(=O)(O)OC[C@@H](O)COP(=O)(O)OC[C@@H](COC(=O)CCCCCCCCCCC(C)C)OC(=O)CCCCCCCCCCCCCCCCCCCCCC)OC(=O)CCCCCCCCCCCCCCCCCCCCCCC. The molecule has 3 N–H and O–H groups in total. The lowest BCUT2D eigenvalue weighted by molar-refractivity contribution is -0.161. The molecule has 0 radical (unpaired) electrons. The highest BCUT2D eigenvalue weighted by Gasteiger charge is 2.31. The summed E-state index contributed by atoms with van der Waals surface area (Å²) in [6.07, 6.45) is 83.7. The van der Waals surface area contributed by atoms with Gasteiger partial charge in [-0.05, 0) is 31.6 Å². The molecule has 0 saturated carbocycles. The van der Waals surface area contributed by atoms with Crippen molar-refractivity contribution in [2.45, 2.75) is 534 Å². The van der Waals surface area contributed by atoms with Crippen molar-refractivity contribution >= 4 is 39.5 Å². The van der Waals surface area contributed by atoms with E-state index in [4.69, 9.17) is 37.0 Å². The number of aliphatic hydroxyl groups excluding tert-OH is 1. The van der Waals surface area contributed by atoms with Crippen LogP contribution in [0.15, 0.2) is 0 Å². The number of aliphatic hydroxyl groups is 1. The van der Waals surface area contributed by atoms with E-state index in [-0.39, 0.29) is 25.7 Å². The Labute approximate surface area is 696 Å². The van der Waals surface area contributed by atoms with E-state index in [0.29, 0.717) is 25.7 Å². The standard InChI is InChI=1S/C94H184O17P2/c1-6-9-12-15-18-21-24-27-30-33-36-39-42-44-47-50-53-56-62-67-72-77-91(96)104-83-89(110-93(98)79-74-70-65-58-55-52-49-46-43-40-37-34-31-28-25-22-19-16-13-10-7-2)85-108-112(100,101)106-81-88(95)82-107-113(102,103)109-86-90(84-105-92(97)78-73-68-63-60-59-61-66-71-76-87(4)5)111-94(99)80-75-69-64-57-54-51-48-45-41-38-35-32-29-26-23-20-17-14-11-8-3/h87-90,95H,6-86H2,1-5H3,(H,100,101)(H,102,103)/t88-,89-,90-/m1/s1. The van der Waals surface area contributed by atoms with Gasteiger partial charge >= 0.3 is 39.5 Å². The molecule has 2 unspecified atom stereocenters. The second-order valence-corrected chi connectivity index (χ2v) is 37.1. The number of hydrogen-bond acceptors (Lipinski definition) is 15. The number of ether oxygens (including phenoxy) is 4. The van der Waals surface area contributed by atoms with Crippen molar-refractivity contribution in [3.63, 3.8) is 0 Å². The molecule has 0 aliphatic heterocycles. The molecule has 0 aromatic rings. The summed E-state index contributed by atoms with van der Waals surface area (Å²) in [5.74, 6) is -1.37. The van der Waals surface area contributed by atoms with Crippen LogP contribution in [0.2, 0.25) is 0 Å². The quantitative estimate of drug-likeness (QED) is 0.0222. The molecule has 0 aliphatic rings. The van der Waals surface area contributed by atoms with Gasteiger partial charge in [0.2, 0.25) is 0 Å². The predicted molar refractivity (Wildman–Crippen MR) is 469 cm³/mol. The summed E-state index contributed by atoms with van der Waals surface area (Å²) < 4.78 is 69.2. The number of unbranched alkanes of at least 4 members (excludes halogenated alkanes) is 66. The summed E-state index contributed by atoms with van der Waals surface area (Å²) in [5.41, 5.74) is 0. The van der Waals surface area contributed by atoms with Crippen LogP contribution in [0.25, 0.3) is 0 Å². The number of phosphoric acid groups is 2. The van der Waals surface area contributed by atoms with Crippen molar-refractivity contribution in [2.24, 2.45) is 5.92 Å². The first-order valence-corrected chi connectivity index (χ1v) is 51.6. The second kappa shape index (κ2) is 86.4. The van der Waals surface area contributed by atoms with Crippen molar-refractivity contribution in [3.05, 3.63) is 0 Å². The Morgan fingerprint density at radius 1 is 0.239 bits per heavy atom. The summed E-state index contributed by atoms with van der Waals surface area (Å²) in [4.78, 5) is 73.5. The Kier molecular flexibility index (Phi) is 85.0. The molecule has 0 bridgehead atoms. The molecular formula is C94H184O17P2. The van der Waals surface area contributed by atoms with Crippen LogP contribution >= 0.6 is 15.6 Å². The largest absolute Gasteiger partial charge is 0.472 e. The highest BCUT2D eigenvalue weighted by atomic mass is 31.2. The summed E-state index contributed by atoms with van der Waals surface area (Å²) in [7, 11) is -9.94. The summed E-state index contributed by atoms with van der Waals surface area (Å²) in [6, 6.07) is 0. The van der Waals surface area contributed by atoms with Gasteiger partial charge in [0.25, 0.3) is 0 Å². The molecule has 0 spiro atoms. The molecule has 0 aliphatic carbocycles. The molecule has 0 rings (SSSR count). The second-order valence-electron chi connectivity index (χ2n) is 34.2. The van der Waals surface area contributed by atoms with Crippen LogP contribution < -0.4 is 0 Å². The number of phosphoric ester groups is 2. The molecule has 19 heteroatoms. The van der Waals surface area contributed by atoms with Crippen LogP contribution in [0, 0.1) is 5.92 Å². The van der Waals surface area contributed by atoms with E-state index in [9.17, 15) is 43.2 Å². The number of rotatable bonds is 94. The smallest absolute Gasteiger partial charge is 0.462 e. The monoisotopic (exact) mass is 1650 g/mol. The first-order chi connectivity index (χ1) is 55.0. The van der Waals surface area contributed by atoms with Crippen LogP contribution in [0.4, 0.5) is 0 Å². The third-order valence-corrected chi connectivity index (χ3v) is 24.2. The fraction of sp³-hybridized carbons (Fsp3) is 0.957. The minimum atomic E-state index is -4.97.